The molecule has 0 saturated carbocycles. The van der Waals surface area contributed by atoms with Gasteiger partial charge in [-0.25, -0.2) is 14.4 Å². The van der Waals surface area contributed by atoms with Gasteiger partial charge < -0.3 is 19.0 Å². The minimum atomic E-state index is -1.09. The van der Waals surface area contributed by atoms with Crippen LogP contribution >= 0.6 is 0 Å². The summed E-state index contributed by atoms with van der Waals surface area (Å²) in [5, 5.41) is 0. The van der Waals surface area contributed by atoms with Gasteiger partial charge >= 0.3 is 0 Å². The second-order valence-corrected chi connectivity index (χ2v) is 5.64. The Morgan fingerprint density at radius 1 is 1.38 bits per heavy atom. The first kappa shape index (κ1) is 17.6. The molecule has 0 unspecified atom stereocenters. The third-order valence-corrected chi connectivity index (χ3v) is 3.53. The van der Waals surface area contributed by atoms with Gasteiger partial charge in [-0.1, -0.05) is 6.07 Å². The number of nitrogens with one attached hydrogen (secondary N) is 1. The number of carbonyl (C=O) groups excluding carboxylic acids is 1. The van der Waals surface area contributed by atoms with E-state index in [0.29, 0.717) is 5.82 Å². The number of hydrogen-bond acceptors (Lipinski definition) is 5. The summed E-state index contributed by atoms with van der Waals surface area (Å²) < 4.78 is 37.0. The highest BCUT2D eigenvalue weighted by Gasteiger charge is 2.18. The summed E-state index contributed by atoms with van der Waals surface area (Å²) in [5.74, 6) is -2.03. The van der Waals surface area contributed by atoms with Gasteiger partial charge in [-0.2, -0.15) is 4.39 Å². The SMILES string of the molecule is Cc1cnc(CN(C)C(=O)c2coc(COc3cccc(F)c3F)n2)[nH]1. The van der Waals surface area contributed by atoms with Crippen molar-refractivity contribution in [2.45, 2.75) is 20.1 Å². The van der Waals surface area contributed by atoms with E-state index < -0.39 is 11.6 Å². The number of aromatic amines is 1. The molecule has 2 aromatic heterocycles. The van der Waals surface area contributed by atoms with Crippen LogP contribution in [-0.4, -0.2) is 32.8 Å². The average molecular weight is 362 g/mol. The lowest BCUT2D eigenvalue weighted by atomic mass is 10.3. The Morgan fingerprint density at radius 3 is 2.92 bits per heavy atom. The normalized spacial score (nSPS) is 10.8. The van der Waals surface area contributed by atoms with Crippen molar-refractivity contribution in [3.63, 3.8) is 0 Å². The molecule has 1 N–H and O–H groups in total. The number of halogens is 2. The summed E-state index contributed by atoms with van der Waals surface area (Å²) in [6.07, 6.45) is 2.86. The molecular weight excluding hydrogens is 346 g/mol. The summed E-state index contributed by atoms with van der Waals surface area (Å²) in [4.78, 5) is 25.0. The molecule has 0 bridgehead atoms. The number of aryl methyl sites for hydroxylation is 1. The molecule has 26 heavy (non-hydrogen) atoms. The van der Waals surface area contributed by atoms with Crippen molar-refractivity contribution in [2.24, 2.45) is 0 Å². The molecular formula is C17H16F2N4O3. The molecule has 0 spiro atoms. The fraction of sp³-hybridized carbons (Fsp3) is 0.235. The van der Waals surface area contributed by atoms with Crippen LogP contribution in [0.25, 0.3) is 0 Å². The Balaban J connectivity index is 1.61. The average Bonchev–Trinajstić information content (AvgIpc) is 3.24. The molecule has 0 fully saturated rings. The maximum atomic E-state index is 13.5. The maximum absolute atomic E-state index is 13.5. The number of ether oxygens (including phenoxy) is 1. The van der Waals surface area contributed by atoms with E-state index in [1.807, 2.05) is 6.92 Å². The predicted molar refractivity (Wildman–Crippen MR) is 86.3 cm³/mol. The Hall–Kier alpha value is -3.23. The number of imidazole rings is 1. The summed E-state index contributed by atoms with van der Waals surface area (Å²) in [6.45, 7) is 1.90. The zero-order valence-electron chi connectivity index (χ0n) is 14.1. The van der Waals surface area contributed by atoms with Crippen molar-refractivity contribution in [2.75, 3.05) is 7.05 Å². The number of hydrogen-bond donors (Lipinski definition) is 1. The molecule has 0 saturated heterocycles. The minimum absolute atomic E-state index is 0.0688. The number of H-pyrrole nitrogens is 1. The van der Waals surface area contributed by atoms with Crippen LogP contribution in [-0.2, 0) is 13.2 Å². The summed E-state index contributed by atoms with van der Waals surface area (Å²) in [6, 6.07) is 3.59. The quantitative estimate of drug-likeness (QED) is 0.729. The van der Waals surface area contributed by atoms with E-state index in [1.165, 1.54) is 23.3 Å². The van der Waals surface area contributed by atoms with Crippen molar-refractivity contribution in [3.8, 4) is 5.75 Å². The first-order chi connectivity index (χ1) is 12.4. The van der Waals surface area contributed by atoms with Crippen molar-refractivity contribution >= 4 is 5.91 Å². The summed E-state index contributed by atoms with van der Waals surface area (Å²) in [5.41, 5.74) is 0.973. The lowest BCUT2D eigenvalue weighted by Gasteiger charge is -2.13. The number of rotatable bonds is 6. The van der Waals surface area contributed by atoms with Crippen molar-refractivity contribution in [3.05, 3.63) is 65.4 Å². The summed E-state index contributed by atoms with van der Waals surface area (Å²) in [7, 11) is 1.60. The Bertz CT molecular complexity index is 922. The van der Waals surface area contributed by atoms with Gasteiger partial charge in [0.1, 0.15) is 12.1 Å². The Morgan fingerprint density at radius 2 is 2.19 bits per heavy atom. The Labute approximate surface area is 147 Å². The van der Waals surface area contributed by atoms with Crippen molar-refractivity contribution < 1.29 is 22.7 Å². The first-order valence-corrected chi connectivity index (χ1v) is 7.71. The largest absolute Gasteiger partial charge is 0.481 e. The van der Waals surface area contributed by atoms with E-state index in [-0.39, 0.29) is 36.4 Å². The van der Waals surface area contributed by atoms with Crippen LogP contribution in [0.1, 0.15) is 27.9 Å². The van der Waals surface area contributed by atoms with E-state index in [4.69, 9.17) is 9.15 Å². The van der Waals surface area contributed by atoms with Crippen LogP contribution < -0.4 is 4.74 Å². The molecule has 0 aliphatic rings. The predicted octanol–water partition coefficient (Wildman–Crippen LogP) is 2.84. The first-order valence-electron chi connectivity index (χ1n) is 7.71. The Kier molecular flexibility index (Phi) is 4.97. The van der Waals surface area contributed by atoms with Crippen LogP contribution in [0, 0.1) is 18.6 Å². The van der Waals surface area contributed by atoms with Crippen LogP contribution in [0.3, 0.4) is 0 Å². The summed E-state index contributed by atoms with van der Waals surface area (Å²) >= 11 is 0. The number of oxazole rings is 1. The lowest BCUT2D eigenvalue weighted by Crippen LogP contribution is -2.27. The molecule has 3 rings (SSSR count). The fourth-order valence-corrected chi connectivity index (χ4v) is 2.25. The molecule has 0 aliphatic carbocycles. The second kappa shape index (κ2) is 7.34. The molecule has 1 aromatic carbocycles. The zero-order valence-corrected chi connectivity index (χ0v) is 14.1. The van der Waals surface area contributed by atoms with Crippen molar-refractivity contribution in [1.29, 1.82) is 0 Å². The van der Waals surface area contributed by atoms with E-state index in [9.17, 15) is 13.6 Å². The van der Waals surface area contributed by atoms with Crippen molar-refractivity contribution in [1.82, 2.24) is 19.9 Å². The highest BCUT2D eigenvalue weighted by atomic mass is 19.2. The van der Waals surface area contributed by atoms with Crippen LogP contribution in [0.2, 0.25) is 0 Å². The zero-order chi connectivity index (χ0) is 18.7. The number of amides is 1. The van der Waals surface area contributed by atoms with Gasteiger partial charge in [0.15, 0.2) is 23.9 Å². The van der Waals surface area contributed by atoms with Gasteiger partial charge in [0.25, 0.3) is 5.91 Å². The highest BCUT2D eigenvalue weighted by molar-refractivity contribution is 5.91. The fourth-order valence-electron chi connectivity index (χ4n) is 2.25. The molecule has 2 heterocycles. The minimum Gasteiger partial charge on any atom is -0.481 e. The standard InChI is InChI=1S/C17H16F2N4O3/c1-10-6-20-14(21-10)7-23(2)17(24)12-8-26-15(22-12)9-25-13-5-3-4-11(18)16(13)19/h3-6,8H,7,9H2,1-2H3,(H,20,21). The number of benzene rings is 1. The molecule has 0 atom stereocenters. The van der Waals surface area contributed by atoms with E-state index in [0.717, 1.165) is 11.8 Å². The molecule has 9 heteroatoms. The number of aromatic nitrogens is 3. The molecule has 0 radical (unpaired) electrons. The van der Waals surface area contributed by atoms with Gasteiger partial charge in [0.2, 0.25) is 11.7 Å². The van der Waals surface area contributed by atoms with Gasteiger partial charge in [-0.3, -0.25) is 4.79 Å². The van der Waals surface area contributed by atoms with Gasteiger partial charge in [0.05, 0.1) is 6.54 Å². The highest BCUT2D eigenvalue weighted by Crippen LogP contribution is 2.20. The lowest BCUT2D eigenvalue weighted by molar-refractivity contribution is 0.0776. The van der Waals surface area contributed by atoms with E-state index in [1.54, 1.807) is 13.2 Å². The molecule has 7 nitrogen and oxygen atoms in total. The number of nitrogens with zero attached hydrogens (tertiary/aromatic N) is 3. The van der Waals surface area contributed by atoms with Gasteiger partial charge in [0, 0.05) is 18.9 Å². The molecule has 1 amide bonds. The number of carbonyl (C=O) groups is 1. The maximum Gasteiger partial charge on any atom is 0.275 e. The van der Waals surface area contributed by atoms with Gasteiger partial charge in [-0.05, 0) is 19.1 Å². The third-order valence-electron chi connectivity index (χ3n) is 3.53. The topological polar surface area (TPSA) is 84.2 Å². The third kappa shape index (κ3) is 3.88. The van der Waals surface area contributed by atoms with E-state index >= 15 is 0 Å². The van der Waals surface area contributed by atoms with Crippen LogP contribution in [0.5, 0.6) is 5.75 Å². The monoisotopic (exact) mass is 362 g/mol. The van der Waals surface area contributed by atoms with E-state index in [2.05, 4.69) is 15.0 Å². The molecule has 0 aliphatic heterocycles. The van der Waals surface area contributed by atoms with Crippen LogP contribution in [0.15, 0.2) is 35.1 Å². The molecule has 3 aromatic rings. The smallest absolute Gasteiger partial charge is 0.275 e. The van der Waals surface area contributed by atoms with Crippen LogP contribution in [0.4, 0.5) is 8.78 Å². The second-order valence-electron chi connectivity index (χ2n) is 5.64. The van der Waals surface area contributed by atoms with Gasteiger partial charge in [-0.15, -0.1) is 0 Å². The molecule has 136 valence electrons.